The number of unbranched alkanes of at least 4 members (excludes halogenated alkanes) is 1. The summed E-state index contributed by atoms with van der Waals surface area (Å²) < 4.78 is 10.5. The van der Waals surface area contributed by atoms with Crippen molar-refractivity contribution < 1.29 is 19.4 Å². The van der Waals surface area contributed by atoms with Crippen molar-refractivity contribution in [2.24, 2.45) is 0 Å². The minimum Gasteiger partial charge on any atom is -0.480 e. The van der Waals surface area contributed by atoms with Crippen molar-refractivity contribution in [3.05, 3.63) is 35.7 Å². The van der Waals surface area contributed by atoms with Crippen molar-refractivity contribution in [3.8, 4) is 6.01 Å². The fourth-order valence-electron chi connectivity index (χ4n) is 4.15. The van der Waals surface area contributed by atoms with Crippen molar-refractivity contribution in [1.29, 1.82) is 0 Å². The summed E-state index contributed by atoms with van der Waals surface area (Å²) in [6, 6.07) is 5.39. The van der Waals surface area contributed by atoms with E-state index in [-0.39, 0.29) is 12.1 Å². The van der Waals surface area contributed by atoms with E-state index in [1.54, 1.807) is 13.2 Å². The Morgan fingerprint density at radius 3 is 2.86 bits per heavy atom. The Hall–Kier alpha value is -2.98. The maximum absolute atomic E-state index is 11.9. The number of carbonyl (C=O) groups is 1. The second kappa shape index (κ2) is 13.8. The summed E-state index contributed by atoms with van der Waals surface area (Å²) in [7, 11) is 3.17. The lowest BCUT2D eigenvalue weighted by Crippen LogP contribution is -2.38. The van der Waals surface area contributed by atoms with E-state index in [0.717, 1.165) is 63.3 Å². The first kappa shape index (κ1) is 26.6. The molecule has 1 aliphatic rings. The lowest BCUT2D eigenvalue weighted by Gasteiger charge is -2.26. The van der Waals surface area contributed by atoms with Gasteiger partial charge in [0.25, 0.3) is 0 Å². The molecule has 0 aliphatic carbocycles. The van der Waals surface area contributed by atoms with Crippen molar-refractivity contribution in [2.75, 3.05) is 51.0 Å². The third-order valence-corrected chi connectivity index (χ3v) is 6.20. The van der Waals surface area contributed by atoms with E-state index >= 15 is 0 Å². The Bertz CT molecular complexity index is 944. The lowest BCUT2D eigenvalue weighted by atomic mass is 10.1. The molecular weight excluding hydrogens is 448 g/mol. The van der Waals surface area contributed by atoms with Crippen LogP contribution in [-0.4, -0.2) is 83.5 Å². The number of hydrogen-bond acceptors (Lipinski definition) is 9. The van der Waals surface area contributed by atoms with Crippen LogP contribution in [0.15, 0.2) is 24.4 Å². The van der Waals surface area contributed by atoms with Gasteiger partial charge in [-0.25, -0.2) is 14.8 Å². The van der Waals surface area contributed by atoms with Gasteiger partial charge in [0.1, 0.15) is 17.7 Å². The van der Waals surface area contributed by atoms with Crippen LogP contribution in [0.25, 0.3) is 0 Å². The topological polar surface area (TPSA) is 122 Å². The third kappa shape index (κ3) is 8.63. The van der Waals surface area contributed by atoms with Gasteiger partial charge in [-0.15, -0.1) is 0 Å². The molecule has 0 amide bonds. The first-order chi connectivity index (χ1) is 17.0. The van der Waals surface area contributed by atoms with Crippen LogP contribution < -0.4 is 15.4 Å². The fourth-order valence-corrected chi connectivity index (χ4v) is 4.15. The number of ether oxygens (including phenoxy) is 2. The molecule has 2 aromatic heterocycles. The lowest BCUT2D eigenvalue weighted by molar-refractivity contribution is -0.138. The number of anilines is 2. The molecular formula is C25H38N6O4. The molecule has 2 aromatic rings. The van der Waals surface area contributed by atoms with Gasteiger partial charge in [0.05, 0.1) is 13.2 Å². The Balaban J connectivity index is 1.50. The van der Waals surface area contributed by atoms with Gasteiger partial charge >= 0.3 is 12.0 Å². The Kier molecular flexibility index (Phi) is 10.5. The molecule has 35 heavy (non-hydrogen) atoms. The van der Waals surface area contributed by atoms with Gasteiger partial charge in [-0.2, -0.15) is 4.98 Å². The number of carboxylic acid groups (broad SMARTS) is 1. The monoisotopic (exact) mass is 486 g/mol. The van der Waals surface area contributed by atoms with Crippen molar-refractivity contribution >= 4 is 17.6 Å². The zero-order valence-electron chi connectivity index (χ0n) is 21.0. The van der Waals surface area contributed by atoms with Gasteiger partial charge in [-0.3, -0.25) is 0 Å². The molecule has 0 radical (unpaired) electrons. The maximum Gasteiger partial charge on any atom is 0.326 e. The number of fused-ring (bicyclic) bond motifs is 1. The molecule has 10 nitrogen and oxygen atoms in total. The van der Waals surface area contributed by atoms with Crippen molar-refractivity contribution in [1.82, 2.24) is 19.9 Å². The van der Waals surface area contributed by atoms with Gasteiger partial charge in [-0.1, -0.05) is 6.07 Å². The summed E-state index contributed by atoms with van der Waals surface area (Å²) in [6.45, 7) is 5.25. The number of pyridine rings is 1. The molecule has 1 unspecified atom stereocenters. The maximum atomic E-state index is 11.9. The standard InChI is InChI=1S/C25H38N6O4/c1-18(34-2)17-31(15-5-4-8-20-10-9-19-7-6-13-26-23(19)28-20)16-12-21(24(32)33)29-22-11-14-27-25(30-22)35-3/h9-11,14,18,21H,4-8,12-13,15-17H2,1-3H3,(H,26,28)(H,32,33)(H,27,29,30)/t18-,21?/m1/s1. The van der Waals surface area contributed by atoms with E-state index in [2.05, 4.69) is 37.6 Å². The highest BCUT2D eigenvalue weighted by molar-refractivity contribution is 5.76. The molecule has 3 rings (SSSR count). The number of carboxylic acids is 1. The number of nitrogens with one attached hydrogen (secondary N) is 2. The van der Waals surface area contributed by atoms with Gasteiger partial charge in [-0.05, 0) is 69.7 Å². The number of hydrogen-bond donors (Lipinski definition) is 3. The predicted octanol–water partition coefficient (Wildman–Crippen LogP) is 2.85. The van der Waals surface area contributed by atoms with Crippen molar-refractivity contribution in [2.45, 2.75) is 57.6 Å². The van der Waals surface area contributed by atoms with Gasteiger partial charge in [0, 0.05) is 38.6 Å². The Morgan fingerprint density at radius 2 is 2.09 bits per heavy atom. The van der Waals surface area contributed by atoms with E-state index in [0.29, 0.717) is 18.8 Å². The molecule has 192 valence electrons. The summed E-state index contributed by atoms with van der Waals surface area (Å²) in [5.41, 5.74) is 2.42. The highest BCUT2D eigenvalue weighted by Gasteiger charge is 2.20. The fraction of sp³-hybridized carbons (Fsp3) is 0.600. The van der Waals surface area contributed by atoms with Crippen LogP contribution in [0, 0.1) is 0 Å². The molecule has 10 heteroatoms. The van der Waals surface area contributed by atoms with Crippen molar-refractivity contribution in [3.63, 3.8) is 0 Å². The minimum atomic E-state index is -0.922. The van der Waals surface area contributed by atoms with E-state index in [1.807, 2.05) is 6.92 Å². The zero-order chi connectivity index (χ0) is 25.0. The normalized spacial score (nSPS) is 14.6. The first-order valence-corrected chi connectivity index (χ1v) is 12.3. The summed E-state index contributed by atoms with van der Waals surface area (Å²) in [4.78, 5) is 27.1. The molecule has 0 aromatic carbocycles. The minimum absolute atomic E-state index is 0.0609. The first-order valence-electron chi connectivity index (χ1n) is 12.3. The summed E-state index contributed by atoms with van der Waals surface area (Å²) in [6.07, 6.45) is 7.22. The number of aliphatic carboxylic acids is 1. The molecule has 0 saturated carbocycles. The molecule has 0 saturated heterocycles. The molecule has 0 spiro atoms. The average molecular weight is 487 g/mol. The SMILES string of the molecule is COc1nccc(NC(CCN(CCCCc2ccc3c(n2)NCCC3)C[C@@H](C)OC)C(=O)O)n1. The smallest absolute Gasteiger partial charge is 0.326 e. The van der Waals surface area contributed by atoms with E-state index in [9.17, 15) is 9.90 Å². The number of rotatable bonds is 15. The van der Waals surface area contributed by atoms with Crippen LogP contribution >= 0.6 is 0 Å². The second-order valence-corrected chi connectivity index (χ2v) is 8.90. The van der Waals surface area contributed by atoms with Gasteiger partial charge in [0.15, 0.2) is 0 Å². The third-order valence-electron chi connectivity index (χ3n) is 6.20. The number of methoxy groups -OCH3 is 2. The average Bonchev–Trinajstić information content (AvgIpc) is 2.88. The number of aromatic nitrogens is 3. The van der Waals surface area contributed by atoms with E-state index in [1.165, 1.54) is 18.9 Å². The predicted molar refractivity (Wildman–Crippen MR) is 135 cm³/mol. The highest BCUT2D eigenvalue weighted by atomic mass is 16.5. The van der Waals surface area contributed by atoms with E-state index in [4.69, 9.17) is 14.5 Å². The summed E-state index contributed by atoms with van der Waals surface area (Å²) in [5.74, 6) is 0.542. The molecule has 0 fully saturated rings. The van der Waals surface area contributed by atoms with E-state index < -0.39 is 12.0 Å². The Morgan fingerprint density at radius 1 is 1.23 bits per heavy atom. The second-order valence-electron chi connectivity index (χ2n) is 8.90. The molecule has 3 N–H and O–H groups in total. The molecule has 1 aliphatic heterocycles. The van der Waals surface area contributed by atoms with Crippen LogP contribution in [0.5, 0.6) is 6.01 Å². The van der Waals surface area contributed by atoms with Gasteiger partial charge in [0.2, 0.25) is 0 Å². The van der Waals surface area contributed by atoms with Crippen LogP contribution in [0.2, 0.25) is 0 Å². The largest absolute Gasteiger partial charge is 0.480 e. The van der Waals surface area contributed by atoms with Crippen LogP contribution in [0.1, 0.15) is 43.9 Å². The van der Waals surface area contributed by atoms with Crippen LogP contribution in [0.3, 0.4) is 0 Å². The Labute approximate surface area is 207 Å². The quantitative estimate of drug-likeness (QED) is 0.324. The van der Waals surface area contributed by atoms with Gasteiger partial charge < -0.3 is 30.1 Å². The summed E-state index contributed by atoms with van der Waals surface area (Å²) in [5, 5.41) is 16.1. The highest BCUT2D eigenvalue weighted by Crippen LogP contribution is 2.20. The molecule has 2 atom stereocenters. The van der Waals surface area contributed by atoms with Crippen LogP contribution in [0.4, 0.5) is 11.6 Å². The molecule has 0 bridgehead atoms. The summed E-state index contributed by atoms with van der Waals surface area (Å²) >= 11 is 0. The number of aryl methyl sites for hydroxylation is 2. The number of nitrogens with zero attached hydrogens (tertiary/aromatic N) is 4. The molecule has 3 heterocycles. The zero-order valence-corrected chi connectivity index (χ0v) is 21.0. The van der Waals surface area contributed by atoms with Crippen LogP contribution in [-0.2, 0) is 22.4 Å².